The molecular weight excluding hydrogens is 500 g/mol. The number of rotatable bonds is 4. The third kappa shape index (κ3) is 3.88. The van der Waals surface area contributed by atoms with Crippen molar-refractivity contribution >= 4 is 55.7 Å². The number of aromatic hydroxyl groups is 1. The van der Waals surface area contributed by atoms with Crippen LogP contribution in [0.15, 0.2) is 60.2 Å². The zero-order valence-electron chi connectivity index (χ0n) is 19.6. The number of aryl methyl sites for hydroxylation is 2. The fraction of sp³-hybridized carbons (Fsp3) is 0.148. The van der Waals surface area contributed by atoms with Crippen molar-refractivity contribution < 1.29 is 24.5 Å². The first kappa shape index (κ1) is 23.8. The molecule has 9 heteroatoms. The van der Waals surface area contributed by atoms with E-state index in [0.717, 1.165) is 21.3 Å². The zero-order valence-corrected chi connectivity index (χ0v) is 21.1. The molecule has 1 saturated heterocycles. The maximum Gasteiger partial charge on any atom is 0.301 e. The van der Waals surface area contributed by atoms with E-state index in [1.54, 1.807) is 30.3 Å². The first-order valence-electron chi connectivity index (χ1n) is 11.0. The highest BCUT2D eigenvalue weighted by molar-refractivity contribution is 7.22. The summed E-state index contributed by atoms with van der Waals surface area (Å²) in [5, 5.41) is 22.2. The molecule has 182 valence electrons. The van der Waals surface area contributed by atoms with E-state index in [9.17, 15) is 19.8 Å². The number of aromatic nitrogens is 1. The van der Waals surface area contributed by atoms with E-state index in [0.29, 0.717) is 21.3 Å². The van der Waals surface area contributed by atoms with Crippen molar-refractivity contribution in [2.75, 3.05) is 12.0 Å². The summed E-state index contributed by atoms with van der Waals surface area (Å²) >= 11 is 7.29. The maximum absolute atomic E-state index is 13.4. The molecule has 2 N–H and O–H groups in total. The van der Waals surface area contributed by atoms with E-state index in [-0.39, 0.29) is 22.8 Å². The molecule has 7 nitrogen and oxygen atoms in total. The van der Waals surface area contributed by atoms with Crippen molar-refractivity contribution in [3.8, 4) is 11.5 Å². The topological polar surface area (TPSA) is 100.0 Å². The molecule has 0 spiro atoms. The third-order valence-corrected chi connectivity index (χ3v) is 7.36. The van der Waals surface area contributed by atoms with Gasteiger partial charge in [0.1, 0.15) is 5.76 Å². The number of ether oxygens (including phenoxy) is 1. The van der Waals surface area contributed by atoms with Gasteiger partial charge in [0, 0.05) is 10.6 Å². The number of benzene rings is 3. The summed E-state index contributed by atoms with van der Waals surface area (Å²) in [6.45, 7) is 3.92. The Bertz CT molecular complexity index is 1580. The molecule has 1 aliphatic rings. The highest BCUT2D eigenvalue weighted by Gasteiger charge is 2.48. The Morgan fingerprint density at radius 3 is 2.50 bits per heavy atom. The molecule has 0 bridgehead atoms. The monoisotopic (exact) mass is 520 g/mol. The Balaban J connectivity index is 1.76. The van der Waals surface area contributed by atoms with E-state index in [4.69, 9.17) is 21.3 Å². The number of carbonyl (C=O) groups excluding carboxylic acids is 2. The molecule has 0 aliphatic carbocycles. The van der Waals surface area contributed by atoms with Crippen LogP contribution in [0.4, 0.5) is 5.13 Å². The first-order valence-corrected chi connectivity index (χ1v) is 12.2. The average molecular weight is 521 g/mol. The van der Waals surface area contributed by atoms with Crippen molar-refractivity contribution in [1.82, 2.24) is 4.98 Å². The van der Waals surface area contributed by atoms with Gasteiger partial charge in [-0.1, -0.05) is 35.1 Å². The van der Waals surface area contributed by atoms with Crippen molar-refractivity contribution in [3.05, 3.63) is 87.4 Å². The van der Waals surface area contributed by atoms with Crippen molar-refractivity contribution in [2.24, 2.45) is 0 Å². The van der Waals surface area contributed by atoms with Gasteiger partial charge in [-0.25, -0.2) is 4.98 Å². The van der Waals surface area contributed by atoms with Crippen LogP contribution in [0.25, 0.3) is 16.0 Å². The molecule has 1 aliphatic heterocycles. The van der Waals surface area contributed by atoms with E-state index in [1.807, 2.05) is 26.0 Å². The second kappa shape index (κ2) is 8.96. The number of anilines is 1. The molecule has 1 atom stereocenters. The Labute approximate surface area is 215 Å². The SMILES string of the molecule is COc1cc(C2C(=C(O)c3ccc(Cl)cc3)C(=O)C(=O)N2c2nc3c(C)cc(C)cc3s2)ccc1O. The van der Waals surface area contributed by atoms with Crippen LogP contribution in [-0.2, 0) is 9.59 Å². The number of nitrogens with zero attached hydrogens (tertiary/aromatic N) is 2. The predicted molar refractivity (Wildman–Crippen MR) is 140 cm³/mol. The number of hydrogen-bond donors (Lipinski definition) is 2. The lowest BCUT2D eigenvalue weighted by Gasteiger charge is -2.23. The molecule has 1 fully saturated rings. The number of ketones is 1. The molecule has 4 aromatic rings. The van der Waals surface area contributed by atoms with Crippen LogP contribution in [0.5, 0.6) is 11.5 Å². The van der Waals surface area contributed by atoms with Crippen LogP contribution in [-0.4, -0.2) is 34.0 Å². The largest absolute Gasteiger partial charge is 0.507 e. The number of aliphatic hydroxyl groups excluding tert-OH is 1. The summed E-state index contributed by atoms with van der Waals surface area (Å²) in [5.41, 5.74) is 3.45. The van der Waals surface area contributed by atoms with Gasteiger partial charge in [-0.2, -0.15) is 0 Å². The summed E-state index contributed by atoms with van der Waals surface area (Å²) in [4.78, 5) is 32.8. The lowest BCUT2D eigenvalue weighted by atomic mass is 9.95. The number of amides is 1. The number of aliphatic hydroxyl groups is 1. The number of thiazole rings is 1. The van der Waals surface area contributed by atoms with Gasteiger partial charge in [0.2, 0.25) is 0 Å². The Morgan fingerprint density at radius 2 is 1.81 bits per heavy atom. The van der Waals surface area contributed by atoms with Crippen LogP contribution in [0.1, 0.15) is 28.3 Å². The van der Waals surface area contributed by atoms with Crippen LogP contribution in [0.3, 0.4) is 0 Å². The fourth-order valence-corrected chi connectivity index (χ4v) is 5.73. The molecule has 3 aromatic carbocycles. The van der Waals surface area contributed by atoms with Crippen molar-refractivity contribution in [1.29, 1.82) is 0 Å². The molecule has 1 unspecified atom stereocenters. The van der Waals surface area contributed by atoms with Crippen molar-refractivity contribution in [3.63, 3.8) is 0 Å². The summed E-state index contributed by atoms with van der Waals surface area (Å²) < 4.78 is 6.14. The number of carbonyl (C=O) groups is 2. The lowest BCUT2D eigenvalue weighted by Crippen LogP contribution is -2.29. The fourth-order valence-electron chi connectivity index (χ4n) is 4.43. The van der Waals surface area contributed by atoms with E-state index < -0.39 is 17.7 Å². The van der Waals surface area contributed by atoms with Gasteiger partial charge in [0.15, 0.2) is 16.6 Å². The number of phenolic OH excluding ortho intramolecular Hbond substituents is 1. The number of fused-ring (bicyclic) bond motifs is 1. The first-order chi connectivity index (χ1) is 17.2. The Kier molecular flexibility index (Phi) is 5.94. The maximum atomic E-state index is 13.4. The smallest absolute Gasteiger partial charge is 0.301 e. The number of methoxy groups -OCH3 is 1. The van der Waals surface area contributed by atoms with Gasteiger partial charge >= 0.3 is 5.91 Å². The third-order valence-electron chi connectivity index (χ3n) is 6.11. The molecule has 36 heavy (non-hydrogen) atoms. The minimum absolute atomic E-state index is 0.0952. The van der Waals surface area contributed by atoms with Crippen LogP contribution in [0.2, 0.25) is 5.02 Å². The summed E-state index contributed by atoms with van der Waals surface area (Å²) in [7, 11) is 1.40. The Hall–Kier alpha value is -3.88. The van der Waals surface area contributed by atoms with Gasteiger partial charge < -0.3 is 14.9 Å². The predicted octanol–water partition coefficient (Wildman–Crippen LogP) is 5.91. The van der Waals surface area contributed by atoms with Gasteiger partial charge in [-0.3, -0.25) is 14.5 Å². The second-order valence-corrected chi connectivity index (χ2v) is 9.98. The number of halogens is 1. The van der Waals surface area contributed by atoms with Gasteiger partial charge in [0.05, 0.1) is 28.9 Å². The minimum atomic E-state index is -1.00. The minimum Gasteiger partial charge on any atom is -0.507 e. The highest BCUT2D eigenvalue weighted by Crippen LogP contribution is 2.46. The summed E-state index contributed by atoms with van der Waals surface area (Å²) in [5.74, 6) is -1.91. The lowest BCUT2D eigenvalue weighted by molar-refractivity contribution is -0.132. The quantitative estimate of drug-likeness (QED) is 0.197. The summed E-state index contributed by atoms with van der Waals surface area (Å²) in [6, 6.07) is 13.8. The van der Waals surface area contributed by atoms with Crippen LogP contribution >= 0.6 is 22.9 Å². The van der Waals surface area contributed by atoms with Crippen LogP contribution in [0, 0.1) is 13.8 Å². The standard InChI is InChI=1S/C27H21ClN2O5S/c1-13-10-14(2)22-20(11-13)36-27(29-22)30-23(16-6-9-18(31)19(12-16)35-3)21(25(33)26(30)34)24(32)15-4-7-17(28)8-5-15/h4-12,23,31-32H,1-3H3. The number of hydrogen-bond acceptors (Lipinski definition) is 7. The molecule has 2 heterocycles. The van der Waals surface area contributed by atoms with E-state index in [1.165, 1.54) is 35.5 Å². The average Bonchev–Trinajstić information content (AvgIpc) is 3.38. The number of Topliss-reactive ketones (excluding diaryl/α,β-unsaturated/α-hetero) is 1. The normalized spacial score (nSPS) is 17.2. The highest BCUT2D eigenvalue weighted by atomic mass is 35.5. The molecular formula is C27H21ClN2O5S. The van der Waals surface area contributed by atoms with Crippen molar-refractivity contribution in [2.45, 2.75) is 19.9 Å². The zero-order chi connectivity index (χ0) is 25.7. The molecule has 0 saturated carbocycles. The number of phenols is 1. The molecule has 0 radical (unpaired) electrons. The van der Waals surface area contributed by atoms with Crippen LogP contribution < -0.4 is 9.64 Å². The second-order valence-electron chi connectivity index (χ2n) is 8.53. The van der Waals surface area contributed by atoms with Gasteiger partial charge in [-0.15, -0.1) is 0 Å². The van der Waals surface area contributed by atoms with Gasteiger partial charge in [0.25, 0.3) is 5.78 Å². The molecule has 1 amide bonds. The molecule has 5 rings (SSSR count). The Morgan fingerprint density at radius 1 is 1.08 bits per heavy atom. The molecule has 1 aromatic heterocycles. The van der Waals surface area contributed by atoms with Gasteiger partial charge in [-0.05, 0) is 73.0 Å². The van der Waals surface area contributed by atoms with E-state index >= 15 is 0 Å². The summed E-state index contributed by atoms with van der Waals surface area (Å²) in [6.07, 6.45) is 0. The van der Waals surface area contributed by atoms with E-state index in [2.05, 4.69) is 0 Å².